The van der Waals surface area contributed by atoms with Gasteiger partial charge < -0.3 is 9.64 Å². The molecule has 0 heterocycles. The SMILES string of the molecule is CCC(C)N(CCOC)C(=O)CCl. The first-order valence-electron chi connectivity index (χ1n) is 4.51. The fraction of sp³-hybridized carbons (Fsp3) is 0.889. The summed E-state index contributed by atoms with van der Waals surface area (Å²) in [6.45, 7) is 5.25. The van der Waals surface area contributed by atoms with Gasteiger partial charge in [0.1, 0.15) is 5.88 Å². The van der Waals surface area contributed by atoms with Crippen molar-refractivity contribution in [2.75, 3.05) is 26.1 Å². The van der Waals surface area contributed by atoms with Crippen molar-refractivity contribution in [2.24, 2.45) is 0 Å². The Balaban J connectivity index is 4.09. The molecule has 0 rings (SSSR count). The van der Waals surface area contributed by atoms with Gasteiger partial charge >= 0.3 is 0 Å². The quantitative estimate of drug-likeness (QED) is 0.618. The number of carbonyl (C=O) groups excluding carboxylic acids is 1. The highest BCUT2D eigenvalue weighted by molar-refractivity contribution is 6.27. The van der Waals surface area contributed by atoms with Crippen LogP contribution in [0.15, 0.2) is 0 Å². The van der Waals surface area contributed by atoms with Crippen molar-refractivity contribution < 1.29 is 9.53 Å². The predicted molar refractivity (Wildman–Crippen MR) is 54.1 cm³/mol. The number of nitrogens with zero attached hydrogens (tertiary/aromatic N) is 1. The molecule has 4 heteroatoms. The van der Waals surface area contributed by atoms with Gasteiger partial charge in [-0.2, -0.15) is 0 Å². The molecular formula is C9H18ClNO2. The standard InChI is InChI=1S/C9H18ClNO2/c1-4-8(2)11(5-6-13-3)9(12)7-10/h8H,4-7H2,1-3H3. The van der Waals surface area contributed by atoms with E-state index in [0.717, 1.165) is 6.42 Å². The molecule has 0 aromatic carbocycles. The van der Waals surface area contributed by atoms with Crippen molar-refractivity contribution in [1.82, 2.24) is 4.90 Å². The fourth-order valence-electron chi connectivity index (χ4n) is 1.08. The maximum absolute atomic E-state index is 11.4. The molecule has 78 valence electrons. The summed E-state index contributed by atoms with van der Waals surface area (Å²) in [4.78, 5) is 13.1. The van der Waals surface area contributed by atoms with Crippen LogP contribution >= 0.6 is 11.6 Å². The van der Waals surface area contributed by atoms with Crippen LogP contribution in [0.5, 0.6) is 0 Å². The Morgan fingerprint density at radius 2 is 2.23 bits per heavy atom. The second-order valence-electron chi connectivity index (χ2n) is 2.97. The van der Waals surface area contributed by atoms with Gasteiger partial charge in [0.15, 0.2) is 0 Å². The summed E-state index contributed by atoms with van der Waals surface area (Å²) in [5.74, 6) is 0.0293. The molecule has 0 saturated carbocycles. The van der Waals surface area contributed by atoms with Gasteiger partial charge in [-0.3, -0.25) is 4.79 Å². The van der Waals surface area contributed by atoms with E-state index in [1.807, 2.05) is 13.8 Å². The highest BCUT2D eigenvalue weighted by atomic mass is 35.5. The van der Waals surface area contributed by atoms with E-state index in [4.69, 9.17) is 16.3 Å². The summed E-state index contributed by atoms with van der Waals surface area (Å²) in [5.41, 5.74) is 0. The molecule has 1 atom stereocenters. The second kappa shape index (κ2) is 7.15. The Hall–Kier alpha value is -0.280. The van der Waals surface area contributed by atoms with E-state index in [1.54, 1.807) is 12.0 Å². The Morgan fingerprint density at radius 3 is 2.62 bits per heavy atom. The van der Waals surface area contributed by atoms with Gasteiger partial charge in [0.25, 0.3) is 0 Å². The smallest absolute Gasteiger partial charge is 0.237 e. The molecule has 0 spiro atoms. The number of hydrogen-bond donors (Lipinski definition) is 0. The highest BCUT2D eigenvalue weighted by Crippen LogP contribution is 2.04. The number of ether oxygens (including phenoxy) is 1. The minimum absolute atomic E-state index is 0.0203. The maximum atomic E-state index is 11.4. The van der Waals surface area contributed by atoms with Crippen molar-refractivity contribution in [2.45, 2.75) is 26.3 Å². The number of carbonyl (C=O) groups is 1. The normalized spacial score (nSPS) is 12.6. The molecule has 0 radical (unpaired) electrons. The van der Waals surface area contributed by atoms with Crippen LogP contribution in [0.1, 0.15) is 20.3 Å². The molecule has 1 unspecified atom stereocenters. The molecule has 3 nitrogen and oxygen atoms in total. The van der Waals surface area contributed by atoms with Gasteiger partial charge in [-0.25, -0.2) is 0 Å². The molecule has 0 saturated heterocycles. The van der Waals surface area contributed by atoms with Crippen LogP contribution in [-0.4, -0.2) is 43.0 Å². The molecular weight excluding hydrogens is 190 g/mol. The molecule has 1 amide bonds. The topological polar surface area (TPSA) is 29.5 Å². The molecule has 0 aromatic heterocycles. The van der Waals surface area contributed by atoms with Crippen LogP contribution in [0.2, 0.25) is 0 Å². The zero-order valence-electron chi connectivity index (χ0n) is 8.55. The predicted octanol–water partition coefficient (Wildman–Crippen LogP) is 1.50. The van der Waals surface area contributed by atoms with Gasteiger partial charge in [-0.15, -0.1) is 11.6 Å². The zero-order valence-corrected chi connectivity index (χ0v) is 9.30. The summed E-state index contributed by atoms with van der Waals surface area (Å²) in [6, 6.07) is 0.237. The van der Waals surface area contributed by atoms with Crippen molar-refractivity contribution in [1.29, 1.82) is 0 Å². The molecule has 0 aliphatic rings. The third-order valence-corrected chi connectivity index (χ3v) is 2.32. The van der Waals surface area contributed by atoms with Crippen molar-refractivity contribution in [3.8, 4) is 0 Å². The minimum Gasteiger partial charge on any atom is -0.383 e. The number of hydrogen-bond acceptors (Lipinski definition) is 2. The van der Waals surface area contributed by atoms with Crippen LogP contribution in [0.4, 0.5) is 0 Å². The van der Waals surface area contributed by atoms with Crippen molar-refractivity contribution >= 4 is 17.5 Å². The van der Waals surface area contributed by atoms with Gasteiger partial charge in [0, 0.05) is 19.7 Å². The first-order chi connectivity index (χ1) is 6.17. The van der Waals surface area contributed by atoms with Crippen LogP contribution in [-0.2, 0) is 9.53 Å². The lowest BCUT2D eigenvalue weighted by atomic mass is 10.2. The average Bonchev–Trinajstić information content (AvgIpc) is 2.17. The van der Waals surface area contributed by atoms with E-state index in [-0.39, 0.29) is 17.8 Å². The average molecular weight is 208 g/mol. The lowest BCUT2D eigenvalue weighted by Gasteiger charge is -2.27. The molecule has 0 aliphatic carbocycles. The first kappa shape index (κ1) is 12.7. The lowest BCUT2D eigenvalue weighted by Crippen LogP contribution is -2.41. The van der Waals surface area contributed by atoms with Gasteiger partial charge in [0.2, 0.25) is 5.91 Å². The number of alkyl halides is 1. The molecule has 0 N–H and O–H groups in total. The molecule has 0 aromatic rings. The Bertz CT molecular complexity index is 153. The third-order valence-electron chi connectivity index (χ3n) is 2.09. The Morgan fingerprint density at radius 1 is 1.62 bits per heavy atom. The Labute approximate surface area is 85.0 Å². The summed E-state index contributed by atoms with van der Waals surface area (Å²) in [5, 5.41) is 0. The number of halogens is 1. The third kappa shape index (κ3) is 4.48. The largest absolute Gasteiger partial charge is 0.383 e. The van der Waals surface area contributed by atoms with Crippen LogP contribution in [0.25, 0.3) is 0 Å². The Kier molecular flexibility index (Phi) is 7.00. The van der Waals surface area contributed by atoms with Gasteiger partial charge in [-0.05, 0) is 13.3 Å². The zero-order chi connectivity index (χ0) is 10.3. The van der Waals surface area contributed by atoms with E-state index >= 15 is 0 Å². The van der Waals surface area contributed by atoms with Gasteiger partial charge in [-0.1, -0.05) is 6.92 Å². The summed E-state index contributed by atoms with van der Waals surface area (Å²) >= 11 is 5.49. The van der Waals surface area contributed by atoms with E-state index in [9.17, 15) is 4.79 Å². The maximum Gasteiger partial charge on any atom is 0.237 e. The van der Waals surface area contributed by atoms with Crippen molar-refractivity contribution in [3.63, 3.8) is 0 Å². The molecule has 0 bridgehead atoms. The van der Waals surface area contributed by atoms with Gasteiger partial charge in [0.05, 0.1) is 6.61 Å². The fourth-order valence-corrected chi connectivity index (χ4v) is 1.23. The van der Waals surface area contributed by atoms with E-state index in [2.05, 4.69) is 0 Å². The summed E-state index contributed by atoms with van der Waals surface area (Å²) in [6.07, 6.45) is 0.937. The molecule has 0 fully saturated rings. The number of methoxy groups -OCH3 is 1. The summed E-state index contributed by atoms with van der Waals surface area (Å²) in [7, 11) is 1.62. The van der Waals surface area contributed by atoms with E-state index < -0.39 is 0 Å². The van der Waals surface area contributed by atoms with Crippen LogP contribution in [0.3, 0.4) is 0 Å². The van der Waals surface area contributed by atoms with E-state index in [1.165, 1.54) is 0 Å². The first-order valence-corrected chi connectivity index (χ1v) is 5.05. The number of amides is 1. The molecule has 0 aliphatic heterocycles. The number of rotatable bonds is 6. The monoisotopic (exact) mass is 207 g/mol. The van der Waals surface area contributed by atoms with Crippen LogP contribution < -0.4 is 0 Å². The summed E-state index contributed by atoms with van der Waals surface area (Å²) < 4.78 is 4.92. The van der Waals surface area contributed by atoms with Crippen molar-refractivity contribution in [3.05, 3.63) is 0 Å². The highest BCUT2D eigenvalue weighted by Gasteiger charge is 2.16. The second-order valence-corrected chi connectivity index (χ2v) is 3.24. The van der Waals surface area contributed by atoms with Crippen LogP contribution in [0, 0.1) is 0 Å². The lowest BCUT2D eigenvalue weighted by molar-refractivity contribution is -0.131. The van der Waals surface area contributed by atoms with E-state index in [0.29, 0.717) is 13.2 Å². The molecule has 13 heavy (non-hydrogen) atoms. The minimum atomic E-state index is -0.0203.